The van der Waals surface area contributed by atoms with Crippen molar-refractivity contribution >= 4 is 5.91 Å². The van der Waals surface area contributed by atoms with Crippen molar-refractivity contribution in [2.75, 3.05) is 13.2 Å². The number of aliphatic hydroxyl groups excluding tert-OH is 1. The molecule has 0 saturated heterocycles. The van der Waals surface area contributed by atoms with Crippen molar-refractivity contribution in [2.45, 2.75) is 25.6 Å². The molecule has 23 heavy (non-hydrogen) atoms. The fraction of sp³-hybridized carbons (Fsp3) is 0.316. The average Bonchev–Trinajstić information content (AvgIpc) is 2.57. The molecule has 4 heteroatoms. The van der Waals surface area contributed by atoms with Crippen molar-refractivity contribution in [1.29, 1.82) is 0 Å². The van der Waals surface area contributed by atoms with Crippen molar-refractivity contribution in [3.8, 4) is 0 Å². The topological polar surface area (TPSA) is 58.6 Å². The standard InChI is InChI=1S/C19H23NO3/c1-15(21)12-13-20-18(22)14-23-19(16-8-4-2-5-9-16)17-10-6-3-7-11-17/h2-11,15,19,21H,12-14H2,1H3,(H,20,22). The summed E-state index contributed by atoms with van der Waals surface area (Å²) in [5.74, 6) is -0.178. The lowest BCUT2D eigenvalue weighted by molar-refractivity contribution is -0.127. The molecule has 0 radical (unpaired) electrons. The number of rotatable bonds is 8. The first-order valence-corrected chi connectivity index (χ1v) is 7.83. The minimum Gasteiger partial charge on any atom is -0.393 e. The number of hydrogen-bond donors (Lipinski definition) is 2. The lowest BCUT2D eigenvalue weighted by Crippen LogP contribution is -2.30. The van der Waals surface area contributed by atoms with E-state index in [-0.39, 0.29) is 18.6 Å². The Morgan fingerprint density at radius 3 is 2.04 bits per heavy atom. The lowest BCUT2D eigenvalue weighted by Gasteiger charge is -2.19. The van der Waals surface area contributed by atoms with E-state index in [4.69, 9.17) is 4.74 Å². The fourth-order valence-corrected chi connectivity index (χ4v) is 2.27. The first-order chi connectivity index (χ1) is 11.2. The number of ether oxygens (including phenoxy) is 1. The van der Waals surface area contributed by atoms with Gasteiger partial charge in [-0.1, -0.05) is 60.7 Å². The van der Waals surface area contributed by atoms with Crippen LogP contribution in [-0.2, 0) is 9.53 Å². The molecule has 0 aromatic heterocycles. The highest BCUT2D eigenvalue weighted by molar-refractivity contribution is 5.77. The van der Waals surface area contributed by atoms with Gasteiger partial charge in [-0.25, -0.2) is 0 Å². The van der Waals surface area contributed by atoms with Crippen LogP contribution in [0.15, 0.2) is 60.7 Å². The van der Waals surface area contributed by atoms with Gasteiger partial charge in [0.1, 0.15) is 12.7 Å². The van der Waals surface area contributed by atoms with Gasteiger partial charge in [-0.15, -0.1) is 0 Å². The summed E-state index contributed by atoms with van der Waals surface area (Å²) in [6.45, 7) is 2.12. The van der Waals surface area contributed by atoms with Crippen LogP contribution in [0.2, 0.25) is 0 Å². The molecule has 2 aromatic rings. The molecule has 0 aliphatic carbocycles. The number of aliphatic hydroxyl groups is 1. The zero-order valence-corrected chi connectivity index (χ0v) is 13.3. The first-order valence-electron chi connectivity index (χ1n) is 7.83. The molecule has 122 valence electrons. The van der Waals surface area contributed by atoms with Crippen LogP contribution in [0.5, 0.6) is 0 Å². The number of benzene rings is 2. The first kappa shape index (κ1) is 17.2. The van der Waals surface area contributed by atoms with Crippen molar-refractivity contribution in [3.05, 3.63) is 71.8 Å². The van der Waals surface area contributed by atoms with E-state index in [0.717, 1.165) is 11.1 Å². The second kappa shape index (κ2) is 9.08. The van der Waals surface area contributed by atoms with Gasteiger partial charge in [0, 0.05) is 6.54 Å². The zero-order chi connectivity index (χ0) is 16.5. The van der Waals surface area contributed by atoms with Crippen LogP contribution in [0.4, 0.5) is 0 Å². The molecule has 0 saturated carbocycles. The summed E-state index contributed by atoms with van der Waals surface area (Å²) in [6.07, 6.45) is -0.162. The second-order valence-corrected chi connectivity index (χ2v) is 5.50. The largest absolute Gasteiger partial charge is 0.393 e. The van der Waals surface area contributed by atoms with E-state index >= 15 is 0 Å². The van der Waals surface area contributed by atoms with Crippen LogP contribution in [0.1, 0.15) is 30.6 Å². The van der Waals surface area contributed by atoms with Gasteiger partial charge in [0.15, 0.2) is 0 Å². The molecule has 0 bridgehead atoms. The molecular weight excluding hydrogens is 290 g/mol. The van der Waals surface area contributed by atoms with Crippen LogP contribution in [0.25, 0.3) is 0 Å². The summed E-state index contributed by atoms with van der Waals surface area (Å²) in [5.41, 5.74) is 2.02. The molecule has 0 heterocycles. The number of hydrogen-bond acceptors (Lipinski definition) is 3. The summed E-state index contributed by atoms with van der Waals surface area (Å²) in [6, 6.07) is 19.7. The third-order valence-corrected chi connectivity index (χ3v) is 3.47. The van der Waals surface area contributed by atoms with Gasteiger partial charge in [-0.05, 0) is 24.5 Å². The van der Waals surface area contributed by atoms with Crippen LogP contribution in [0, 0.1) is 0 Å². The molecule has 0 aliphatic rings. The summed E-state index contributed by atoms with van der Waals surface area (Å²) in [5, 5.41) is 11.9. The molecule has 1 atom stereocenters. The monoisotopic (exact) mass is 313 g/mol. The Bertz CT molecular complexity index is 545. The van der Waals surface area contributed by atoms with Gasteiger partial charge in [-0.3, -0.25) is 4.79 Å². The molecule has 0 spiro atoms. The predicted molar refractivity (Wildman–Crippen MR) is 90.0 cm³/mol. The molecular formula is C19H23NO3. The van der Waals surface area contributed by atoms with Gasteiger partial charge in [-0.2, -0.15) is 0 Å². The minimum absolute atomic E-state index is 0.0196. The van der Waals surface area contributed by atoms with E-state index < -0.39 is 6.10 Å². The maximum Gasteiger partial charge on any atom is 0.246 e. The van der Waals surface area contributed by atoms with E-state index in [2.05, 4.69) is 5.32 Å². The Hall–Kier alpha value is -2.17. The van der Waals surface area contributed by atoms with Crippen molar-refractivity contribution in [1.82, 2.24) is 5.32 Å². The predicted octanol–water partition coefficient (Wildman–Crippen LogP) is 2.68. The van der Waals surface area contributed by atoms with Gasteiger partial charge < -0.3 is 15.2 Å². The van der Waals surface area contributed by atoms with Crippen LogP contribution >= 0.6 is 0 Å². The molecule has 2 rings (SSSR count). The Balaban J connectivity index is 1.98. The Labute approximate surface area is 137 Å². The van der Waals surface area contributed by atoms with E-state index in [0.29, 0.717) is 13.0 Å². The quantitative estimate of drug-likeness (QED) is 0.788. The SMILES string of the molecule is CC(O)CCNC(=O)COC(c1ccccc1)c1ccccc1. The van der Waals surface area contributed by atoms with Crippen molar-refractivity contribution in [3.63, 3.8) is 0 Å². The molecule has 1 amide bonds. The maximum absolute atomic E-state index is 11.9. The molecule has 0 aliphatic heterocycles. The van der Waals surface area contributed by atoms with Crippen LogP contribution in [0.3, 0.4) is 0 Å². The zero-order valence-electron chi connectivity index (χ0n) is 13.3. The molecule has 1 unspecified atom stereocenters. The summed E-state index contributed by atoms with van der Waals surface area (Å²) >= 11 is 0. The summed E-state index contributed by atoms with van der Waals surface area (Å²) in [4.78, 5) is 11.9. The van der Waals surface area contributed by atoms with Gasteiger partial charge in [0.2, 0.25) is 5.91 Å². The van der Waals surface area contributed by atoms with Crippen molar-refractivity contribution in [2.24, 2.45) is 0 Å². The normalized spacial score (nSPS) is 12.1. The maximum atomic E-state index is 11.9. The fourth-order valence-electron chi connectivity index (χ4n) is 2.27. The summed E-state index contributed by atoms with van der Waals surface area (Å²) < 4.78 is 5.86. The minimum atomic E-state index is -0.419. The van der Waals surface area contributed by atoms with Crippen LogP contribution < -0.4 is 5.32 Å². The molecule has 0 fully saturated rings. The van der Waals surface area contributed by atoms with E-state index in [1.54, 1.807) is 6.92 Å². The van der Waals surface area contributed by atoms with Gasteiger partial charge in [0.25, 0.3) is 0 Å². The Morgan fingerprint density at radius 1 is 1.04 bits per heavy atom. The highest BCUT2D eigenvalue weighted by Gasteiger charge is 2.16. The highest BCUT2D eigenvalue weighted by atomic mass is 16.5. The van der Waals surface area contributed by atoms with E-state index in [1.165, 1.54) is 0 Å². The number of amides is 1. The van der Waals surface area contributed by atoms with E-state index in [1.807, 2.05) is 60.7 Å². The lowest BCUT2D eigenvalue weighted by atomic mass is 10.0. The molecule has 2 aromatic carbocycles. The number of carbonyl (C=O) groups is 1. The molecule has 2 N–H and O–H groups in total. The third kappa shape index (κ3) is 5.85. The highest BCUT2D eigenvalue weighted by Crippen LogP contribution is 2.25. The average molecular weight is 313 g/mol. The number of carbonyl (C=O) groups excluding carboxylic acids is 1. The van der Waals surface area contributed by atoms with Crippen LogP contribution in [-0.4, -0.2) is 30.3 Å². The summed E-state index contributed by atoms with van der Waals surface area (Å²) in [7, 11) is 0. The Kier molecular flexibility index (Phi) is 6.78. The Morgan fingerprint density at radius 2 is 1.57 bits per heavy atom. The van der Waals surface area contributed by atoms with Crippen molar-refractivity contribution < 1.29 is 14.6 Å². The van der Waals surface area contributed by atoms with Gasteiger partial charge >= 0.3 is 0 Å². The smallest absolute Gasteiger partial charge is 0.246 e. The second-order valence-electron chi connectivity index (χ2n) is 5.50. The number of nitrogens with one attached hydrogen (secondary N) is 1. The molecule has 4 nitrogen and oxygen atoms in total. The van der Waals surface area contributed by atoms with E-state index in [9.17, 15) is 9.90 Å². The third-order valence-electron chi connectivity index (χ3n) is 3.47. The van der Waals surface area contributed by atoms with Gasteiger partial charge in [0.05, 0.1) is 6.10 Å².